The van der Waals surface area contributed by atoms with Crippen LogP contribution in [0, 0.1) is 5.82 Å². The van der Waals surface area contributed by atoms with Crippen molar-refractivity contribution in [1.82, 2.24) is 4.90 Å². The molecule has 0 unspecified atom stereocenters. The fourth-order valence-electron chi connectivity index (χ4n) is 4.32. The van der Waals surface area contributed by atoms with E-state index in [1.165, 1.54) is 16.5 Å². The lowest BCUT2D eigenvalue weighted by Gasteiger charge is -2.24. The van der Waals surface area contributed by atoms with Crippen LogP contribution < -0.4 is 10.6 Å². The number of nitrogens with zero attached hydrogens (tertiary/aromatic N) is 1. The lowest BCUT2D eigenvalue weighted by atomic mass is 10.0. The number of aromatic carboxylic acids is 1. The van der Waals surface area contributed by atoms with Gasteiger partial charge in [-0.15, -0.1) is 0 Å². The Kier molecular flexibility index (Phi) is 7.78. The van der Waals surface area contributed by atoms with E-state index >= 15 is 0 Å². The molecule has 0 saturated carbocycles. The number of carboxylic acid groups (broad SMARTS) is 1. The summed E-state index contributed by atoms with van der Waals surface area (Å²) in [5.74, 6) is -1.95. The Morgan fingerprint density at radius 3 is 2.24 bits per heavy atom. The van der Waals surface area contributed by atoms with E-state index in [4.69, 9.17) is 16.7 Å². The fourth-order valence-corrected chi connectivity index (χ4v) is 4.56. The highest BCUT2D eigenvalue weighted by Gasteiger charge is 2.34. The van der Waals surface area contributed by atoms with Crippen LogP contribution in [0.1, 0.15) is 48.5 Å². The molecule has 1 saturated heterocycles. The van der Waals surface area contributed by atoms with Crippen molar-refractivity contribution in [3.8, 4) is 11.1 Å². The van der Waals surface area contributed by atoms with Crippen LogP contribution >= 0.6 is 11.6 Å². The number of rotatable bonds is 6. The monoisotopic (exact) mass is 523 g/mol. The summed E-state index contributed by atoms with van der Waals surface area (Å²) in [7, 11) is 0. The first-order valence-corrected chi connectivity index (χ1v) is 12.3. The highest BCUT2D eigenvalue weighted by atomic mass is 35.5. The zero-order chi connectivity index (χ0) is 26.7. The number of carboxylic acids is 1. The molecule has 3 aromatic rings. The summed E-state index contributed by atoms with van der Waals surface area (Å²) in [5, 5.41) is 14.7. The number of amides is 3. The van der Waals surface area contributed by atoms with Gasteiger partial charge in [0.25, 0.3) is 0 Å². The second kappa shape index (κ2) is 11.0. The van der Waals surface area contributed by atoms with Crippen LogP contribution in [0.3, 0.4) is 0 Å². The summed E-state index contributed by atoms with van der Waals surface area (Å²) in [4.78, 5) is 38.5. The zero-order valence-electron chi connectivity index (χ0n) is 20.4. The minimum atomic E-state index is -1.31. The number of halogens is 2. The molecule has 3 aromatic carbocycles. The van der Waals surface area contributed by atoms with E-state index in [9.17, 15) is 18.8 Å². The largest absolute Gasteiger partial charge is 0.478 e. The molecular formula is C28H27ClFN3O4. The molecule has 192 valence electrons. The first-order chi connectivity index (χ1) is 17.6. The number of carbonyl (C=O) groups is 3. The fraction of sp³-hybridized carbons (Fsp3) is 0.250. The molecule has 1 atom stereocenters. The molecule has 9 heteroatoms. The van der Waals surface area contributed by atoms with Gasteiger partial charge in [-0.25, -0.2) is 14.0 Å². The third kappa shape index (κ3) is 5.91. The lowest BCUT2D eigenvalue weighted by molar-refractivity contribution is -0.119. The summed E-state index contributed by atoms with van der Waals surface area (Å²) < 4.78 is 14.5. The van der Waals surface area contributed by atoms with Gasteiger partial charge in [0, 0.05) is 23.5 Å². The Labute approximate surface area is 219 Å². The first kappa shape index (κ1) is 26.2. The van der Waals surface area contributed by atoms with Crippen molar-refractivity contribution in [3.05, 3.63) is 82.6 Å². The molecule has 0 aromatic heterocycles. The SMILES string of the molecule is CC(C)c1ccc(NC(=O)N2CCC[C@@H]2C(=O)Nc2ccc(-c3cc(Cl)c(C(=O)O)cc3F)cc2)cc1. The molecule has 4 rings (SSSR count). The molecule has 0 radical (unpaired) electrons. The van der Waals surface area contributed by atoms with Gasteiger partial charge < -0.3 is 20.6 Å². The maximum absolute atomic E-state index is 14.5. The maximum Gasteiger partial charge on any atom is 0.337 e. The predicted molar refractivity (Wildman–Crippen MR) is 142 cm³/mol. The van der Waals surface area contributed by atoms with E-state index in [1.54, 1.807) is 24.3 Å². The standard InChI is InChI=1S/C28H27ClFN3O4/c1-16(2)17-5-9-20(10-6-17)32-28(37)33-13-3-4-25(33)26(34)31-19-11-7-18(8-12-19)21-14-23(29)22(27(35)36)15-24(21)30/h5-12,14-16,25H,3-4,13H2,1-2H3,(H,31,34)(H,32,37)(H,35,36)/t25-/m1/s1. The summed E-state index contributed by atoms with van der Waals surface area (Å²) >= 11 is 5.99. The number of urea groups is 1. The Hall–Kier alpha value is -3.91. The minimum Gasteiger partial charge on any atom is -0.478 e. The van der Waals surface area contributed by atoms with E-state index < -0.39 is 17.8 Å². The maximum atomic E-state index is 14.5. The van der Waals surface area contributed by atoms with Gasteiger partial charge in [-0.3, -0.25) is 4.79 Å². The third-order valence-corrected chi connectivity index (χ3v) is 6.71. The quantitative estimate of drug-likeness (QED) is 0.339. The number of likely N-dealkylation sites (tertiary alicyclic amines) is 1. The van der Waals surface area contributed by atoms with Crippen LogP contribution in [0.15, 0.2) is 60.7 Å². The molecular weight excluding hydrogens is 497 g/mol. The summed E-state index contributed by atoms with van der Waals surface area (Å²) in [6.07, 6.45) is 1.26. The van der Waals surface area contributed by atoms with E-state index in [0.29, 0.717) is 42.2 Å². The minimum absolute atomic E-state index is 0.0725. The Balaban J connectivity index is 1.41. The van der Waals surface area contributed by atoms with Crippen molar-refractivity contribution >= 4 is 40.9 Å². The van der Waals surface area contributed by atoms with Crippen LogP contribution in [-0.4, -0.2) is 40.5 Å². The van der Waals surface area contributed by atoms with Crippen LogP contribution in [0.4, 0.5) is 20.6 Å². The Bertz CT molecular complexity index is 1330. The molecule has 0 spiro atoms. The summed E-state index contributed by atoms with van der Waals surface area (Å²) in [6.45, 7) is 4.67. The molecule has 1 aliphatic rings. The Morgan fingerprint density at radius 2 is 1.62 bits per heavy atom. The van der Waals surface area contributed by atoms with Crippen molar-refractivity contribution < 1.29 is 23.9 Å². The molecule has 7 nitrogen and oxygen atoms in total. The number of anilines is 2. The van der Waals surface area contributed by atoms with Crippen molar-refractivity contribution in [2.24, 2.45) is 0 Å². The van der Waals surface area contributed by atoms with Crippen molar-refractivity contribution in [2.45, 2.75) is 38.6 Å². The highest BCUT2D eigenvalue weighted by Crippen LogP contribution is 2.30. The van der Waals surface area contributed by atoms with E-state index in [2.05, 4.69) is 24.5 Å². The predicted octanol–water partition coefficient (Wildman–Crippen LogP) is 6.60. The first-order valence-electron chi connectivity index (χ1n) is 11.9. The van der Waals surface area contributed by atoms with Crippen molar-refractivity contribution in [3.63, 3.8) is 0 Å². The summed E-state index contributed by atoms with van der Waals surface area (Å²) in [5.41, 5.74) is 2.63. The van der Waals surface area contributed by atoms with E-state index in [1.807, 2.05) is 24.3 Å². The van der Waals surface area contributed by atoms with Gasteiger partial charge in [0.15, 0.2) is 0 Å². The number of benzene rings is 3. The second-order valence-corrected chi connectivity index (χ2v) is 9.65. The average molecular weight is 524 g/mol. The molecule has 37 heavy (non-hydrogen) atoms. The topological polar surface area (TPSA) is 98.7 Å². The highest BCUT2D eigenvalue weighted by molar-refractivity contribution is 6.33. The van der Waals surface area contributed by atoms with Crippen molar-refractivity contribution in [1.29, 1.82) is 0 Å². The number of hydrogen-bond donors (Lipinski definition) is 3. The van der Waals surface area contributed by atoms with Crippen molar-refractivity contribution in [2.75, 3.05) is 17.2 Å². The van der Waals surface area contributed by atoms with E-state index in [-0.39, 0.29) is 28.1 Å². The van der Waals surface area contributed by atoms with Crippen LogP contribution in [0.2, 0.25) is 5.02 Å². The summed E-state index contributed by atoms with van der Waals surface area (Å²) in [6, 6.07) is 15.3. The van der Waals surface area contributed by atoms with Gasteiger partial charge in [-0.05, 0) is 66.3 Å². The van der Waals surface area contributed by atoms with Gasteiger partial charge in [-0.1, -0.05) is 49.7 Å². The van der Waals surface area contributed by atoms with Gasteiger partial charge in [0.1, 0.15) is 11.9 Å². The van der Waals surface area contributed by atoms with E-state index in [0.717, 1.165) is 6.07 Å². The molecule has 0 bridgehead atoms. The average Bonchev–Trinajstić information content (AvgIpc) is 3.36. The molecule has 0 aliphatic carbocycles. The number of hydrogen-bond acceptors (Lipinski definition) is 3. The molecule has 3 N–H and O–H groups in total. The van der Waals surface area contributed by atoms with Gasteiger partial charge >= 0.3 is 12.0 Å². The van der Waals surface area contributed by atoms with Crippen LogP contribution in [-0.2, 0) is 4.79 Å². The smallest absolute Gasteiger partial charge is 0.337 e. The normalized spacial score (nSPS) is 15.1. The second-order valence-electron chi connectivity index (χ2n) is 9.24. The van der Waals surface area contributed by atoms with Crippen LogP contribution in [0.5, 0.6) is 0 Å². The third-order valence-electron chi connectivity index (χ3n) is 6.40. The molecule has 1 heterocycles. The molecule has 1 fully saturated rings. The van der Waals surface area contributed by atoms with Gasteiger partial charge in [0.2, 0.25) is 5.91 Å². The lowest BCUT2D eigenvalue weighted by Crippen LogP contribution is -2.45. The van der Waals surface area contributed by atoms with Gasteiger partial charge in [0.05, 0.1) is 10.6 Å². The number of nitrogens with one attached hydrogen (secondary N) is 2. The van der Waals surface area contributed by atoms with Crippen LogP contribution in [0.25, 0.3) is 11.1 Å². The molecule has 3 amide bonds. The zero-order valence-corrected chi connectivity index (χ0v) is 21.2. The Morgan fingerprint density at radius 1 is 1.00 bits per heavy atom. The number of carbonyl (C=O) groups excluding carboxylic acids is 2. The van der Waals surface area contributed by atoms with Gasteiger partial charge in [-0.2, -0.15) is 0 Å². The molecule has 1 aliphatic heterocycles.